The lowest BCUT2D eigenvalue weighted by Crippen LogP contribution is -2.06. The van der Waals surface area contributed by atoms with Gasteiger partial charge in [0.25, 0.3) is 5.69 Å². The van der Waals surface area contributed by atoms with Crippen molar-refractivity contribution in [2.24, 2.45) is 7.05 Å². The van der Waals surface area contributed by atoms with E-state index in [2.05, 4.69) is 10.4 Å². The summed E-state index contributed by atoms with van der Waals surface area (Å²) in [5.74, 6) is -0.818. The molecular weight excluding hydrogens is 291 g/mol. The predicted molar refractivity (Wildman–Crippen MR) is 79.6 cm³/mol. The van der Waals surface area contributed by atoms with Crippen LogP contribution in [0.25, 0.3) is 0 Å². The highest BCUT2D eigenvalue weighted by atomic mass is 19.1. The average Bonchev–Trinajstić information content (AvgIpc) is 2.70. The van der Waals surface area contributed by atoms with Gasteiger partial charge in [-0.05, 0) is 13.8 Å². The van der Waals surface area contributed by atoms with Crippen molar-refractivity contribution in [2.75, 3.05) is 12.4 Å². The number of aryl methyl sites for hydroxylation is 2. The normalized spacial score (nSPS) is 10.6. The molecule has 1 aromatic carbocycles. The Kier molecular flexibility index (Phi) is 4.30. The standard InChI is InChI=1S/C14H17FN4O3/c1-8-10(9(2)18(3)17-8)7-16-12-6-14(22-4)11(15)5-13(12)19(20)21/h5-6,16H,7H2,1-4H3. The molecule has 0 atom stereocenters. The van der Waals surface area contributed by atoms with Crippen molar-refractivity contribution in [1.82, 2.24) is 9.78 Å². The molecule has 0 fully saturated rings. The Labute approximate surface area is 126 Å². The van der Waals surface area contributed by atoms with E-state index in [0.717, 1.165) is 23.0 Å². The monoisotopic (exact) mass is 308 g/mol. The zero-order valence-corrected chi connectivity index (χ0v) is 12.8. The Morgan fingerprint density at radius 3 is 2.64 bits per heavy atom. The van der Waals surface area contributed by atoms with E-state index >= 15 is 0 Å². The zero-order valence-electron chi connectivity index (χ0n) is 12.8. The molecule has 0 amide bonds. The number of methoxy groups -OCH3 is 1. The quantitative estimate of drug-likeness (QED) is 0.678. The van der Waals surface area contributed by atoms with E-state index in [0.29, 0.717) is 6.54 Å². The summed E-state index contributed by atoms with van der Waals surface area (Å²) in [4.78, 5) is 10.4. The summed E-state index contributed by atoms with van der Waals surface area (Å²) < 4.78 is 20.2. The van der Waals surface area contributed by atoms with Crippen LogP contribution in [0.5, 0.6) is 5.75 Å². The number of ether oxygens (including phenoxy) is 1. The van der Waals surface area contributed by atoms with Crippen molar-refractivity contribution in [2.45, 2.75) is 20.4 Å². The lowest BCUT2D eigenvalue weighted by Gasteiger charge is -2.10. The van der Waals surface area contributed by atoms with Crippen molar-refractivity contribution in [3.63, 3.8) is 0 Å². The van der Waals surface area contributed by atoms with Gasteiger partial charge in [-0.3, -0.25) is 14.8 Å². The highest BCUT2D eigenvalue weighted by molar-refractivity contribution is 5.64. The molecule has 0 aliphatic carbocycles. The maximum absolute atomic E-state index is 13.6. The number of hydrogen-bond acceptors (Lipinski definition) is 5. The number of hydrogen-bond donors (Lipinski definition) is 1. The molecule has 118 valence electrons. The molecular formula is C14H17FN4O3. The van der Waals surface area contributed by atoms with Crippen molar-refractivity contribution >= 4 is 11.4 Å². The predicted octanol–water partition coefficient (Wildman–Crippen LogP) is 2.70. The molecule has 7 nitrogen and oxygen atoms in total. The number of halogens is 1. The Balaban J connectivity index is 2.34. The Hall–Kier alpha value is -2.64. The van der Waals surface area contributed by atoms with Crippen LogP contribution in [-0.2, 0) is 13.6 Å². The largest absolute Gasteiger partial charge is 0.494 e. The second kappa shape index (κ2) is 6.00. The molecule has 22 heavy (non-hydrogen) atoms. The molecule has 0 spiro atoms. The fraction of sp³-hybridized carbons (Fsp3) is 0.357. The number of benzene rings is 1. The van der Waals surface area contributed by atoms with Gasteiger partial charge in [-0.15, -0.1) is 0 Å². The van der Waals surface area contributed by atoms with Crippen LogP contribution >= 0.6 is 0 Å². The van der Waals surface area contributed by atoms with E-state index in [9.17, 15) is 14.5 Å². The molecule has 0 aliphatic rings. The number of nitrogens with zero attached hydrogens (tertiary/aromatic N) is 3. The number of nitro benzene ring substituents is 1. The number of nitrogens with one attached hydrogen (secondary N) is 1. The van der Waals surface area contributed by atoms with Crippen LogP contribution in [0.3, 0.4) is 0 Å². The van der Waals surface area contributed by atoms with Gasteiger partial charge in [-0.25, -0.2) is 4.39 Å². The van der Waals surface area contributed by atoms with Gasteiger partial charge >= 0.3 is 0 Å². The van der Waals surface area contributed by atoms with Crippen LogP contribution in [0.2, 0.25) is 0 Å². The first-order valence-corrected chi connectivity index (χ1v) is 6.60. The van der Waals surface area contributed by atoms with Crippen LogP contribution < -0.4 is 10.1 Å². The van der Waals surface area contributed by atoms with Crippen molar-refractivity contribution in [1.29, 1.82) is 0 Å². The molecule has 2 aromatic rings. The van der Waals surface area contributed by atoms with Gasteiger partial charge in [0.05, 0.1) is 23.8 Å². The molecule has 1 heterocycles. The number of aromatic nitrogens is 2. The van der Waals surface area contributed by atoms with Gasteiger partial charge in [0, 0.05) is 30.9 Å². The molecule has 0 bridgehead atoms. The summed E-state index contributed by atoms with van der Waals surface area (Å²) in [7, 11) is 3.14. The van der Waals surface area contributed by atoms with E-state index in [-0.39, 0.29) is 17.1 Å². The average molecular weight is 308 g/mol. The van der Waals surface area contributed by atoms with Crippen LogP contribution in [0.4, 0.5) is 15.8 Å². The number of rotatable bonds is 5. The molecule has 0 unspecified atom stereocenters. The first-order chi connectivity index (χ1) is 10.3. The van der Waals surface area contributed by atoms with Gasteiger partial charge in [0.2, 0.25) is 0 Å². The van der Waals surface area contributed by atoms with Crippen LogP contribution in [0.1, 0.15) is 17.0 Å². The zero-order chi connectivity index (χ0) is 16.4. The topological polar surface area (TPSA) is 82.2 Å². The number of nitro groups is 1. The summed E-state index contributed by atoms with van der Waals surface area (Å²) in [6, 6.07) is 2.14. The second-order valence-corrected chi connectivity index (χ2v) is 4.89. The summed E-state index contributed by atoms with van der Waals surface area (Å²) in [6.07, 6.45) is 0. The maximum atomic E-state index is 13.6. The van der Waals surface area contributed by atoms with Gasteiger partial charge < -0.3 is 10.1 Å². The summed E-state index contributed by atoms with van der Waals surface area (Å²) in [5, 5.41) is 18.3. The molecule has 0 aliphatic heterocycles. The number of anilines is 1. The van der Waals surface area contributed by atoms with Crippen LogP contribution in [0, 0.1) is 29.8 Å². The third-order valence-corrected chi connectivity index (χ3v) is 3.58. The van der Waals surface area contributed by atoms with Crippen LogP contribution in [0.15, 0.2) is 12.1 Å². The Bertz CT molecular complexity index is 727. The third kappa shape index (κ3) is 2.85. The van der Waals surface area contributed by atoms with Gasteiger partial charge in [-0.1, -0.05) is 0 Å². The lowest BCUT2D eigenvalue weighted by molar-refractivity contribution is -0.384. The van der Waals surface area contributed by atoms with E-state index < -0.39 is 10.7 Å². The maximum Gasteiger partial charge on any atom is 0.295 e. The van der Waals surface area contributed by atoms with E-state index in [1.807, 2.05) is 20.9 Å². The molecule has 2 rings (SSSR count). The summed E-state index contributed by atoms with van der Waals surface area (Å²) in [5.41, 5.74) is 2.61. The highest BCUT2D eigenvalue weighted by Gasteiger charge is 2.19. The molecule has 0 radical (unpaired) electrons. The fourth-order valence-corrected chi connectivity index (χ4v) is 2.25. The van der Waals surface area contributed by atoms with E-state index in [1.165, 1.54) is 13.2 Å². The first kappa shape index (κ1) is 15.7. The molecule has 0 saturated heterocycles. The minimum atomic E-state index is -0.770. The van der Waals surface area contributed by atoms with Crippen molar-refractivity contribution in [3.8, 4) is 5.75 Å². The fourth-order valence-electron chi connectivity index (χ4n) is 2.25. The Morgan fingerprint density at radius 1 is 1.45 bits per heavy atom. The smallest absolute Gasteiger partial charge is 0.295 e. The molecule has 1 aromatic heterocycles. The first-order valence-electron chi connectivity index (χ1n) is 6.60. The van der Waals surface area contributed by atoms with Gasteiger partial charge in [0.1, 0.15) is 5.69 Å². The van der Waals surface area contributed by atoms with Gasteiger partial charge in [-0.2, -0.15) is 5.10 Å². The van der Waals surface area contributed by atoms with E-state index in [4.69, 9.17) is 4.74 Å². The minimum Gasteiger partial charge on any atom is -0.494 e. The second-order valence-electron chi connectivity index (χ2n) is 4.89. The SMILES string of the molecule is COc1cc(NCc2c(C)nn(C)c2C)c([N+](=O)[O-])cc1F. The van der Waals surface area contributed by atoms with Crippen LogP contribution in [-0.4, -0.2) is 21.8 Å². The highest BCUT2D eigenvalue weighted by Crippen LogP contribution is 2.32. The minimum absolute atomic E-state index is 0.0484. The molecule has 8 heteroatoms. The van der Waals surface area contributed by atoms with Crippen molar-refractivity contribution < 1.29 is 14.1 Å². The third-order valence-electron chi connectivity index (χ3n) is 3.58. The lowest BCUT2D eigenvalue weighted by atomic mass is 10.2. The van der Waals surface area contributed by atoms with E-state index in [1.54, 1.807) is 4.68 Å². The summed E-state index contributed by atoms with van der Waals surface area (Å²) in [6.45, 7) is 4.13. The van der Waals surface area contributed by atoms with Gasteiger partial charge in [0.15, 0.2) is 11.6 Å². The molecule has 0 saturated carbocycles. The molecule has 1 N–H and O–H groups in total. The summed E-state index contributed by atoms with van der Waals surface area (Å²) >= 11 is 0. The van der Waals surface area contributed by atoms with Crippen molar-refractivity contribution in [3.05, 3.63) is 45.0 Å². The Morgan fingerprint density at radius 2 is 2.14 bits per heavy atom.